The molecule has 0 unspecified atom stereocenters. The first-order valence-electron chi connectivity index (χ1n) is 9.58. The van der Waals surface area contributed by atoms with E-state index in [1.165, 1.54) is 0 Å². The average Bonchev–Trinajstić information content (AvgIpc) is 2.70. The Labute approximate surface area is 175 Å². The van der Waals surface area contributed by atoms with Crippen LogP contribution in [0, 0.1) is 5.41 Å². The summed E-state index contributed by atoms with van der Waals surface area (Å²) in [6, 6.07) is 9.22. The van der Waals surface area contributed by atoms with Gasteiger partial charge in [0.15, 0.2) is 0 Å². The molecular weight excluding hydrogens is 392 g/mol. The first kappa shape index (κ1) is 19.6. The SMILES string of the molecule is COc1ccc(N2CC(C)(CN(C)C(=O)N3CCOc4cc(Cl)ccc43)C2)cn1. The lowest BCUT2D eigenvalue weighted by atomic mass is 9.81. The Bertz CT molecular complexity index is 899. The van der Waals surface area contributed by atoms with Crippen LogP contribution in [0.25, 0.3) is 0 Å². The number of nitrogens with zero attached hydrogens (tertiary/aromatic N) is 4. The van der Waals surface area contributed by atoms with Crippen LogP contribution in [0.1, 0.15) is 6.92 Å². The van der Waals surface area contributed by atoms with E-state index < -0.39 is 0 Å². The highest BCUT2D eigenvalue weighted by atomic mass is 35.5. The van der Waals surface area contributed by atoms with E-state index in [1.54, 1.807) is 29.0 Å². The van der Waals surface area contributed by atoms with Crippen LogP contribution in [-0.2, 0) is 0 Å². The lowest BCUT2D eigenvalue weighted by molar-refractivity contribution is 0.155. The second kappa shape index (κ2) is 7.63. The lowest BCUT2D eigenvalue weighted by Gasteiger charge is -2.51. The van der Waals surface area contributed by atoms with Crippen molar-refractivity contribution in [1.82, 2.24) is 9.88 Å². The van der Waals surface area contributed by atoms with Gasteiger partial charge in [0.25, 0.3) is 0 Å². The van der Waals surface area contributed by atoms with Gasteiger partial charge in [-0.3, -0.25) is 4.90 Å². The van der Waals surface area contributed by atoms with Crippen molar-refractivity contribution in [3.05, 3.63) is 41.6 Å². The van der Waals surface area contributed by atoms with Gasteiger partial charge in [0.05, 0.1) is 31.2 Å². The second-order valence-corrected chi connectivity index (χ2v) is 8.41. The zero-order chi connectivity index (χ0) is 20.6. The fourth-order valence-electron chi connectivity index (χ4n) is 4.08. The fraction of sp³-hybridized carbons (Fsp3) is 0.429. The number of fused-ring (bicyclic) bond motifs is 1. The first-order valence-corrected chi connectivity index (χ1v) is 9.96. The minimum Gasteiger partial charge on any atom is -0.489 e. The molecule has 7 nitrogen and oxygen atoms in total. The van der Waals surface area contributed by atoms with E-state index >= 15 is 0 Å². The van der Waals surface area contributed by atoms with Crippen LogP contribution in [0.3, 0.4) is 0 Å². The van der Waals surface area contributed by atoms with Crippen LogP contribution in [0.2, 0.25) is 5.02 Å². The van der Waals surface area contributed by atoms with E-state index in [1.807, 2.05) is 31.4 Å². The summed E-state index contributed by atoms with van der Waals surface area (Å²) in [4.78, 5) is 23.2. The Morgan fingerprint density at radius 2 is 2.14 bits per heavy atom. The maximum atomic E-state index is 13.1. The number of halogens is 1. The van der Waals surface area contributed by atoms with Crippen molar-refractivity contribution in [3.63, 3.8) is 0 Å². The minimum absolute atomic E-state index is 0.0253. The maximum absolute atomic E-state index is 13.1. The largest absolute Gasteiger partial charge is 0.489 e. The number of anilines is 2. The van der Waals surface area contributed by atoms with Gasteiger partial charge in [-0.25, -0.2) is 9.78 Å². The Balaban J connectivity index is 1.38. The van der Waals surface area contributed by atoms with Crippen molar-refractivity contribution in [2.75, 3.05) is 56.7 Å². The molecular formula is C21H25ClN4O3. The van der Waals surface area contributed by atoms with Crippen molar-refractivity contribution in [2.45, 2.75) is 6.92 Å². The Morgan fingerprint density at radius 1 is 1.34 bits per heavy atom. The summed E-state index contributed by atoms with van der Waals surface area (Å²) in [6.07, 6.45) is 1.82. The molecule has 1 aromatic carbocycles. The number of hydrogen-bond donors (Lipinski definition) is 0. The van der Waals surface area contributed by atoms with Gasteiger partial charge in [0, 0.05) is 49.3 Å². The molecule has 0 N–H and O–H groups in total. The molecule has 0 spiro atoms. The van der Waals surface area contributed by atoms with Gasteiger partial charge in [-0.15, -0.1) is 0 Å². The molecule has 154 valence electrons. The van der Waals surface area contributed by atoms with E-state index in [9.17, 15) is 4.79 Å². The van der Waals surface area contributed by atoms with E-state index in [2.05, 4.69) is 16.8 Å². The van der Waals surface area contributed by atoms with E-state index in [0.29, 0.717) is 36.3 Å². The van der Waals surface area contributed by atoms with Gasteiger partial charge < -0.3 is 19.3 Å². The number of carbonyl (C=O) groups excluding carboxylic acids is 1. The number of aromatic nitrogens is 1. The zero-order valence-electron chi connectivity index (χ0n) is 16.9. The molecule has 0 saturated carbocycles. The molecule has 0 aliphatic carbocycles. The molecule has 8 heteroatoms. The number of urea groups is 1. The number of methoxy groups -OCH3 is 1. The van der Waals surface area contributed by atoms with Crippen molar-refractivity contribution in [2.24, 2.45) is 5.41 Å². The summed E-state index contributed by atoms with van der Waals surface area (Å²) in [5.41, 5.74) is 1.86. The van der Waals surface area contributed by atoms with Gasteiger partial charge in [0.2, 0.25) is 5.88 Å². The third-order valence-corrected chi connectivity index (χ3v) is 5.64. The molecule has 2 aliphatic rings. The predicted molar refractivity (Wildman–Crippen MR) is 113 cm³/mol. The topological polar surface area (TPSA) is 58.1 Å². The molecule has 3 heterocycles. The van der Waals surface area contributed by atoms with E-state index in [-0.39, 0.29) is 11.4 Å². The third-order valence-electron chi connectivity index (χ3n) is 5.40. The highest BCUT2D eigenvalue weighted by Crippen LogP contribution is 2.37. The highest BCUT2D eigenvalue weighted by molar-refractivity contribution is 6.30. The summed E-state index contributed by atoms with van der Waals surface area (Å²) < 4.78 is 10.8. The van der Waals surface area contributed by atoms with Crippen molar-refractivity contribution in [3.8, 4) is 11.6 Å². The Kier molecular flexibility index (Phi) is 5.17. The number of rotatable bonds is 4. The van der Waals surface area contributed by atoms with E-state index in [4.69, 9.17) is 21.1 Å². The van der Waals surface area contributed by atoms with E-state index in [0.717, 1.165) is 24.5 Å². The molecule has 0 radical (unpaired) electrons. The van der Waals surface area contributed by atoms with Gasteiger partial charge in [-0.05, 0) is 18.2 Å². The van der Waals surface area contributed by atoms with Crippen LogP contribution in [0.5, 0.6) is 11.6 Å². The number of carbonyl (C=O) groups is 1. The minimum atomic E-state index is -0.0253. The normalized spacial score (nSPS) is 17.1. The quantitative estimate of drug-likeness (QED) is 0.763. The van der Waals surface area contributed by atoms with Crippen LogP contribution >= 0.6 is 11.6 Å². The number of benzene rings is 1. The van der Waals surface area contributed by atoms with Crippen LogP contribution < -0.4 is 19.3 Å². The summed E-state index contributed by atoms with van der Waals surface area (Å²) in [5, 5.41) is 0.599. The molecule has 1 fully saturated rings. The maximum Gasteiger partial charge on any atom is 0.324 e. The smallest absolute Gasteiger partial charge is 0.324 e. The van der Waals surface area contributed by atoms with Crippen molar-refractivity contribution >= 4 is 29.0 Å². The third kappa shape index (κ3) is 3.92. The number of hydrogen-bond acceptors (Lipinski definition) is 5. The molecule has 2 amide bonds. The predicted octanol–water partition coefficient (Wildman–Crippen LogP) is 3.52. The van der Waals surface area contributed by atoms with Gasteiger partial charge in [-0.2, -0.15) is 0 Å². The van der Waals surface area contributed by atoms with Crippen molar-refractivity contribution in [1.29, 1.82) is 0 Å². The standard InChI is InChI=1S/C21H25ClN4O3/c1-21(13-25(14-21)16-5-7-19(28-3)23-11-16)12-24(2)20(27)26-8-9-29-18-10-15(22)4-6-17(18)26/h4-7,10-11H,8-9,12-14H2,1-3H3. The number of ether oxygens (including phenoxy) is 2. The molecule has 1 aromatic heterocycles. The molecule has 0 atom stereocenters. The second-order valence-electron chi connectivity index (χ2n) is 7.98. The summed E-state index contributed by atoms with van der Waals surface area (Å²) >= 11 is 6.05. The summed E-state index contributed by atoms with van der Waals surface area (Å²) in [7, 11) is 3.47. The Morgan fingerprint density at radius 3 is 2.83 bits per heavy atom. The average molecular weight is 417 g/mol. The van der Waals surface area contributed by atoms with Gasteiger partial charge in [0.1, 0.15) is 12.4 Å². The molecule has 1 saturated heterocycles. The molecule has 4 rings (SSSR count). The van der Waals surface area contributed by atoms with Crippen LogP contribution in [-0.4, -0.2) is 62.9 Å². The monoisotopic (exact) mass is 416 g/mol. The fourth-order valence-corrected chi connectivity index (χ4v) is 4.24. The first-order chi connectivity index (χ1) is 13.9. The molecule has 0 bridgehead atoms. The molecule has 2 aromatic rings. The number of pyridine rings is 1. The van der Waals surface area contributed by atoms with Crippen LogP contribution in [0.15, 0.2) is 36.5 Å². The summed E-state index contributed by atoms with van der Waals surface area (Å²) in [5.74, 6) is 1.26. The van der Waals surface area contributed by atoms with Crippen LogP contribution in [0.4, 0.5) is 16.2 Å². The van der Waals surface area contributed by atoms with Gasteiger partial charge in [-0.1, -0.05) is 18.5 Å². The van der Waals surface area contributed by atoms with Gasteiger partial charge >= 0.3 is 6.03 Å². The molecule has 2 aliphatic heterocycles. The number of amides is 2. The highest BCUT2D eigenvalue weighted by Gasteiger charge is 2.41. The summed E-state index contributed by atoms with van der Waals surface area (Å²) in [6.45, 7) is 5.60. The lowest BCUT2D eigenvalue weighted by Crippen LogP contribution is -2.60. The Hall–Kier alpha value is -2.67. The van der Waals surface area contributed by atoms with Crippen molar-refractivity contribution < 1.29 is 14.3 Å². The molecule has 29 heavy (non-hydrogen) atoms. The zero-order valence-corrected chi connectivity index (χ0v) is 17.6.